The Labute approximate surface area is 111 Å². The van der Waals surface area contributed by atoms with Crippen molar-refractivity contribution in [3.8, 4) is 0 Å². The van der Waals surface area contributed by atoms with E-state index in [0.717, 1.165) is 12.3 Å². The molecular weight excluding hydrogens is 220 g/mol. The molecule has 18 heavy (non-hydrogen) atoms. The van der Waals surface area contributed by atoms with E-state index < -0.39 is 0 Å². The number of hydrogen-bond acceptors (Lipinski definition) is 2. The third-order valence-corrected chi connectivity index (χ3v) is 4.35. The summed E-state index contributed by atoms with van der Waals surface area (Å²) < 4.78 is 0. The van der Waals surface area contributed by atoms with E-state index in [2.05, 4.69) is 43.5 Å². The van der Waals surface area contributed by atoms with Crippen molar-refractivity contribution in [1.29, 1.82) is 0 Å². The Hall–Kier alpha value is -0.860. The summed E-state index contributed by atoms with van der Waals surface area (Å²) in [5.41, 5.74) is 5.82. The monoisotopic (exact) mass is 246 g/mol. The van der Waals surface area contributed by atoms with Crippen LogP contribution in [-0.4, -0.2) is 0 Å². The lowest BCUT2D eigenvalue weighted by Gasteiger charge is -2.33. The molecule has 0 saturated heterocycles. The Morgan fingerprint density at radius 2 is 2.22 bits per heavy atom. The summed E-state index contributed by atoms with van der Waals surface area (Å²) in [5, 5.41) is 0. The van der Waals surface area contributed by atoms with Crippen molar-refractivity contribution < 1.29 is 0 Å². The van der Waals surface area contributed by atoms with Crippen molar-refractivity contribution in [3.63, 3.8) is 0 Å². The first-order chi connectivity index (χ1) is 8.74. The molecule has 2 rings (SSSR count). The van der Waals surface area contributed by atoms with Crippen LogP contribution in [0.4, 0.5) is 0 Å². The van der Waals surface area contributed by atoms with Crippen LogP contribution in [-0.2, 0) is 6.42 Å². The lowest BCUT2D eigenvalue weighted by atomic mass is 9.77. The predicted molar refractivity (Wildman–Crippen MR) is 77.0 cm³/mol. The molecule has 2 heteroatoms. The molecule has 1 aromatic rings. The van der Waals surface area contributed by atoms with Crippen molar-refractivity contribution in [2.24, 2.45) is 17.7 Å². The molecule has 3 unspecified atom stereocenters. The van der Waals surface area contributed by atoms with E-state index in [1.165, 1.54) is 36.8 Å². The van der Waals surface area contributed by atoms with E-state index in [-0.39, 0.29) is 0 Å². The van der Waals surface area contributed by atoms with Crippen LogP contribution in [0.2, 0.25) is 0 Å². The van der Waals surface area contributed by atoms with Crippen LogP contribution in [0.1, 0.15) is 56.7 Å². The SMILES string of the molecule is CCc1cccc(C(NN)C2CCCC(C)C2)c1. The lowest BCUT2D eigenvalue weighted by Crippen LogP contribution is -2.35. The molecule has 1 saturated carbocycles. The van der Waals surface area contributed by atoms with Gasteiger partial charge in [-0.25, -0.2) is 0 Å². The maximum absolute atomic E-state index is 5.82. The van der Waals surface area contributed by atoms with Crippen molar-refractivity contribution in [3.05, 3.63) is 35.4 Å². The summed E-state index contributed by atoms with van der Waals surface area (Å²) in [7, 11) is 0. The van der Waals surface area contributed by atoms with Gasteiger partial charge in [0.1, 0.15) is 0 Å². The zero-order chi connectivity index (χ0) is 13.0. The Bertz CT molecular complexity index is 375. The van der Waals surface area contributed by atoms with Crippen LogP contribution in [0.3, 0.4) is 0 Å². The Kier molecular flexibility index (Phi) is 4.79. The summed E-state index contributed by atoms with van der Waals surface area (Å²) in [6.45, 7) is 4.56. The molecule has 0 aliphatic heterocycles. The highest BCUT2D eigenvalue weighted by Crippen LogP contribution is 2.36. The highest BCUT2D eigenvalue weighted by molar-refractivity contribution is 5.26. The average Bonchev–Trinajstić information content (AvgIpc) is 2.40. The maximum Gasteiger partial charge on any atom is 0.0488 e. The first-order valence-electron chi connectivity index (χ1n) is 7.29. The van der Waals surface area contributed by atoms with E-state index in [0.29, 0.717) is 12.0 Å². The lowest BCUT2D eigenvalue weighted by molar-refractivity contribution is 0.224. The average molecular weight is 246 g/mol. The Morgan fingerprint density at radius 1 is 1.39 bits per heavy atom. The topological polar surface area (TPSA) is 38.0 Å². The molecule has 3 N–H and O–H groups in total. The first kappa shape index (κ1) is 13.6. The van der Waals surface area contributed by atoms with E-state index in [4.69, 9.17) is 5.84 Å². The predicted octanol–water partition coefficient (Wildman–Crippen LogP) is 3.58. The zero-order valence-electron chi connectivity index (χ0n) is 11.7. The van der Waals surface area contributed by atoms with Crippen LogP contribution >= 0.6 is 0 Å². The molecule has 3 atom stereocenters. The number of nitrogens with one attached hydrogen (secondary N) is 1. The summed E-state index contributed by atoms with van der Waals surface area (Å²) in [6, 6.07) is 9.19. The summed E-state index contributed by atoms with van der Waals surface area (Å²) in [4.78, 5) is 0. The number of nitrogens with two attached hydrogens (primary N) is 1. The first-order valence-corrected chi connectivity index (χ1v) is 7.29. The highest BCUT2D eigenvalue weighted by Gasteiger charge is 2.27. The summed E-state index contributed by atoms with van der Waals surface area (Å²) in [5.74, 6) is 7.35. The summed E-state index contributed by atoms with van der Waals surface area (Å²) in [6.07, 6.45) is 6.41. The fourth-order valence-electron chi connectivity index (χ4n) is 3.29. The standard InChI is InChI=1S/C16H26N2/c1-3-13-7-5-9-15(11-13)16(18-17)14-8-4-6-12(2)10-14/h5,7,9,11-12,14,16,18H,3-4,6,8,10,17H2,1-2H3. The van der Waals surface area contributed by atoms with Crippen LogP contribution in [0, 0.1) is 11.8 Å². The van der Waals surface area contributed by atoms with E-state index in [1.54, 1.807) is 0 Å². The van der Waals surface area contributed by atoms with Gasteiger partial charge < -0.3 is 0 Å². The van der Waals surface area contributed by atoms with E-state index in [9.17, 15) is 0 Å². The molecule has 1 fully saturated rings. The second-order valence-corrected chi connectivity index (χ2v) is 5.77. The quantitative estimate of drug-likeness (QED) is 0.629. The third-order valence-electron chi connectivity index (χ3n) is 4.35. The molecule has 100 valence electrons. The number of hydrazine groups is 1. The van der Waals surface area contributed by atoms with Gasteiger partial charge in [-0.15, -0.1) is 0 Å². The van der Waals surface area contributed by atoms with Crippen molar-refractivity contribution >= 4 is 0 Å². The fourth-order valence-corrected chi connectivity index (χ4v) is 3.29. The highest BCUT2D eigenvalue weighted by atomic mass is 15.2. The van der Waals surface area contributed by atoms with E-state index in [1.807, 2.05) is 0 Å². The van der Waals surface area contributed by atoms with Gasteiger partial charge in [-0.2, -0.15) is 0 Å². The minimum absolute atomic E-state index is 0.319. The molecule has 0 heterocycles. The number of rotatable bonds is 4. The van der Waals surface area contributed by atoms with Gasteiger partial charge in [-0.1, -0.05) is 51.0 Å². The van der Waals surface area contributed by atoms with Crippen LogP contribution in [0.15, 0.2) is 24.3 Å². The molecule has 0 amide bonds. The molecule has 0 radical (unpaired) electrons. The fraction of sp³-hybridized carbons (Fsp3) is 0.625. The zero-order valence-corrected chi connectivity index (χ0v) is 11.7. The number of aryl methyl sites for hydroxylation is 1. The largest absolute Gasteiger partial charge is 0.271 e. The molecule has 0 aromatic heterocycles. The van der Waals surface area contributed by atoms with Gasteiger partial charge in [0.2, 0.25) is 0 Å². The minimum Gasteiger partial charge on any atom is -0.271 e. The van der Waals surface area contributed by atoms with Gasteiger partial charge in [0.15, 0.2) is 0 Å². The van der Waals surface area contributed by atoms with Gasteiger partial charge in [-0.3, -0.25) is 11.3 Å². The van der Waals surface area contributed by atoms with Crippen molar-refractivity contribution in [2.45, 2.75) is 52.0 Å². The number of benzene rings is 1. The normalized spacial score (nSPS) is 25.9. The second-order valence-electron chi connectivity index (χ2n) is 5.77. The number of hydrogen-bond donors (Lipinski definition) is 2. The Morgan fingerprint density at radius 3 is 2.89 bits per heavy atom. The van der Waals surface area contributed by atoms with Gasteiger partial charge in [-0.05, 0) is 42.2 Å². The Balaban J connectivity index is 2.16. The van der Waals surface area contributed by atoms with Crippen LogP contribution < -0.4 is 11.3 Å². The molecule has 0 bridgehead atoms. The minimum atomic E-state index is 0.319. The van der Waals surface area contributed by atoms with Gasteiger partial charge in [0.05, 0.1) is 0 Å². The van der Waals surface area contributed by atoms with Gasteiger partial charge in [0, 0.05) is 6.04 Å². The molecule has 1 aliphatic rings. The molecule has 0 spiro atoms. The van der Waals surface area contributed by atoms with Crippen LogP contribution in [0.5, 0.6) is 0 Å². The molecular formula is C16H26N2. The molecule has 1 aromatic carbocycles. The van der Waals surface area contributed by atoms with Gasteiger partial charge in [0.25, 0.3) is 0 Å². The van der Waals surface area contributed by atoms with Gasteiger partial charge >= 0.3 is 0 Å². The maximum atomic E-state index is 5.82. The molecule has 2 nitrogen and oxygen atoms in total. The smallest absolute Gasteiger partial charge is 0.0488 e. The van der Waals surface area contributed by atoms with Crippen LogP contribution in [0.25, 0.3) is 0 Å². The van der Waals surface area contributed by atoms with Crippen molar-refractivity contribution in [2.75, 3.05) is 0 Å². The summed E-state index contributed by atoms with van der Waals surface area (Å²) >= 11 is 0. The second kappa shape index (κ2) is 6.35. The third kappa shape index (κ3) is 3.12. The van der Waals surface area contributed by atoms with E-state index >= 15 is 0 Å². The van der Waals surface area contributed by atoms with Crippen molar-refractivity contribution in [1.82, 2.24) is 5.43 Å². The molecule has 1 aliphatic carbocycles.